The molecule has 3 atom stereocenters. The summed E-state index contributed by atoms with van der Waals surface area (Å²) in [5, 5.41) is 3.22. The quantitative estimate of drug-likeness (QED) is 0.788. The first-order valence-corrected chi connectivity index (χ1v) is 11.9. The van der Waals surface area contributed by atoms with E-state index in [-0.39, 0.29) is 27.7 Å². The number of carbonyl (C=O) groups is 1. The van der Waals surface area contributed by atoms with E-state index in [1.54, 1.807) is 6.92 Å². The standard InChI is InChI=1S/C22H31FN2O3S/c1-14-6-7-16(13-17(14)23)29(27,28)25(5)22(10-11-22)19(26)24-18-12-15-8-9-21(18,4)20(15,2)3/h6-7,13,15,18H,8-12H2,1-5H3,(H,24,26)/t15-,18-,21+/m1/s1. The number of amides is 1. The van der Waals surface area contributed by atoms with Gasteiger partial charge in [0.25, 0.3) is 0 Å². The number of benzene rings is 1. The summed E-state index contributed by atoms with van der Waals surface area (Å²) >= 11 is 0. The summed E-state index contributed by atoms with van der Waals surface area (Å²) in [5.74, 6) is -0.193. The smallest absolute Gasteiger partial charge is 0.243 e. The van der Waals surface area contributed by atoms with Crippen LogP contribution in [0.1, 0.15) is 58.4 Å². The van der Waals surface area contributed by atoms with Crippen molar-refractivity contribution in [2.75, 3.05) is 7.05 Å². The zero-order valence-electron chi connectivity index (χ0n) is 17.9. The monoisotopic (exact) mass is 422 g/mol. The molecule has 1 aromatic rings. The zero-order chi connectivity index (χ0) is 21.4. The predicted molar refractivity (Wildman–Crippen MR) is 109 cm³/mol. The molecule has 1 aromatic carbocycles. The van der Waals surface area contributed by atoms with E-state index in [0.717, 1.165) is 23.2 Å². The highest BCUT2D eigenvalue weighted by atomic mass is 32.2. The van der Waals surface area contributed by atoms with Crippen LogP contribution < -0.4 is 5.32 Å². The van der Waals surface area contributed by atoms with Crippen LogP contribution in [0.4, 0.5) is 4.39 Å². The van der Waals surface area contributed by atoms with E-state index in [9.17, 15) is 17.6 Å². The molecule has 3 saturated carbocycles. The Morgan fingerprint density at radius 3 is 2.34 bits per heavy atom. The topological polar surface area (TPSA) is 66.5 Å². The van der Waals surface area contributed by atoms with Crippen molar-refractivity contribution >= 4 is 15.9 Å². The lowest BCUT2D eigenvalue weighted by Crippen LogP contribution is -2.55. The minimum absolute atomic E-state index is 0.0287. The van der Waals surface area contributed by atoms with Gasteiger partial charge in [0, 0.05) is 13.1 Å². The molecular formula is C22H31FN2O3S. The Morgan fingerprint density at radius 1 is 1.21 bits per heavy atom. The van der Waals surface area contributed by atoms with Gasteiger partial charge in [-0.3, -0.25) is 4.79 Å². The van der Waals surface area contributed by atoms with Crippen LogP contribution in [-0.2, 0) is 14.8 Å². The van der Waals surface area contributed by atoms with Crippen molar-refractivity contribution in [2.24, 2.45) is 16.7 Å². The van der Waals surface area contributed by atoms with Crippen LogP contribution in [0.3, 0.4) is 0 Å². The van der Waals surface area contributed by atoms with Gasteiger partial charge in [-0.05, 0) is 73.5 Å². The van der Waals surface area contributed by atoms with Gasteiger partial charge in [-0.25, -0.2) is 12.8 Å². The summed E-state index contributed by atoms with van der Waals surface area (Å²) < 4.78 is 41.3. The second kappa shape index (κ2) is 6.27. The molecule has 0 spiro atoms. The van der Waals surface area contributed by atoms with E-state index in [1.807, 2.05) is 0 Å². The normalized spacial score (nSPS) is 31.8. The number of nitrogens with one attached hydrogen (secondary N) is 1. The van der Waals surface area contributed by atoms with E-state index in [2.05, 4.69) is 26.1 Å². The second-order valence-corrected chi connectivity index (χ2v) is 12.0. The molecule has 4 rings (SSSR count). The van der Waals surface area contributed by atoms with Crippen LogP contribution in [0.15, 0.2) is 23.1 Å². The molecule has 5 nitrogen and oxygen atoms in total. The number of rotatable bonds is 5. The molecule has 1 N–H and O–H groups in total. The fourth-order valence-electron chi connectivity index (χ4n) is 5.64. The minimum Gasteiger partial charge on any atom is -0.351 e. The van der Waals surface area contributed by atoms with Gasteiger partial charge in [0.2, 0.25) is 15.9 Å². The van der Waals surface area contributed by atoms with Crippen molar-refractivity contribution in [2.45, 2.75) is 76.3 Å². The summed E-state index contributed by atoms with van der Waals surface area (Å²) in [4.78, 5) is 13.1. The first-order chi connectivity index (χ1) is 13.4. The Bertz CT molecular complexity index is 970. The Balaban J connectivity index is 1.56. The van der Waals surface area contributed by atoms with E-state index < -0.39 is 21.4 Å². The summed E-state index contributed by atoms with van der Waals surface area (Å²) in [6, 6.07) is 3.95. The Hall–Kier alpha value is -1.47. The van der Waals surface area contributed by atoms with Gasteiger partial charge in [0.1, 0.15) is 11.4 Å². The zero-order valence-corrected chi connectivity index (χ0v) is 18.7. The molecule has 160 valence electrons. The lowest BCUT2D eigenvalue weighted by molar-refractivity contribution is -0.127. The molecule has 0 heterocycles. The number of likely N-dealkylation sites (N-methyl/N-ethyl adjacent to an activating group) is 1. The molecule has 1 amide bonds. The van der Waals surface area contributed by atoms with E-state index >= 15 is 0 Å². The van der Waals surface area contributed by atoms with Crippen LogP contribution in [0, 0.1) is 29.5 Å². The molecule has 7 heteroatoms. The number of halogens is 1. The van der Waals surface area contributed by atoms with Gasteiger partial charge in [-0.2, -0.15) is 4.31 Å². The fourth-order valence-corrected chi connectivity index (χ4v) is 7.17. The summed E-state index contributed by atoms with van der Waals surface area (Å²) in [5.41, 5.74) is -0.486. The van der Waals surface area contributed by atoms with Crippen LogP contribution >= 0.6 is 0 Å². The highest BCUT2D eigenvalue weighted by Crippen LogP contribution is 2.65. The maximum absolute atomic E-state index is 14.0. The third-order valence-electron chi connectivity index (χ3n) is 8.65. The Labute approximate surface area is 173 Å². The van der Waals surface area contributed by atoms with E-state index in [1.165, 1.54) is 25.6 Å². The maximum Gasteiger partial charge on any atom is 0.243 e. The molecule has 29 heavy (non-hydrogen) atoms. The van der Waals surface area contributed by atoms with Crippen LogP contribution in [0.25, 0.3) is 0 Å². The number of sulfonamides is 1. The van der Waals surface area contributed by atoms with Crippen molar-refractivity contribution in [1.82, 2.24) is 9.62 Å². The fraction of sp³-hybridized carbons (Fsp3) is 0.682. The van der Waals surface area contributed by atoms with Gasteiger partial charge in [-0.1, -0.05) is 26.8 Å². The molecule has 2 bridgehead atoms. The SMILES string of the molecule is Cc1ccc(S(=O)(=O)N(C)C2(C(=O)N[C@@H]3C[C@H]4CC[C@]3(C)C4(C)C)CC2)cc1F. The van der Waals surface area contributed by atoms with Crippen molar-refractivity contribution in [1.29, 1.82) is 0 Å². The minimum atomic E-state index is -3.97. The summed E-state index contributed by atoms with van der Waals surface area (Å²) in [7, 11) is -2.53. The lowest BCUT2D eigenvalue weighted by Gasteiger charge is -2.40. The Morgan fingerprint density at radius 2 is 1.86 bits per heavy atom. The predicted octanol–water partition coefficient (Wildman–Crippen LogP) is 3.62. The number of fused-ring (bicyclic) bond motifs is 2. The maximum atomic E-state index is 14.0. The molecule has 3 fully saturated rings. The largest absolute Gasteiger partial charge is 0.351 e. The van der Waals surface area contributed by atoms with Crippen molar-refractivity contribution in [3.63, 3.8) is 0 Å². The summed E-state index contributed by atoms with van der Waals surface area (Å²) in [6.07, 6.45) is 4.19. The molecule has 0 unspecified atom stereocenters. The first-order valence-electron chi connectivity index (χ1n) is 10.4. The van der Waals surface area contributed by atoms with Crippen LogP contribution in [0.5, 0.6) is 0 Å². The number of aryl methyl sites for hydroxylation is 1. The number of hydrogen-bond acceptors (Lipinski definition) is 3. The molecule has 0 radical (unpaired) electrons. The summed E-state index contributed by atoms with van der Waals surface area (Å²) in [6.45, 7) is 8.40. The van der Waals surface area contributed by atoms with Crippen LogP contribution in [0.2, 0.25) is 0 Å². The van der Waals surface area contributed by atoms with Gasteiger partial charge >= 0.3 is 0 Å². The molecule has 3 aliphatic carbocycles. The van der Waals surface area contributed by atoms with Crippen molar-refractivity contribution in [3.8, 4) is 0 Å². The van der Waals surface area contributed by atoms with E-state index in [4.69, 9.17) is 0 Å². The number of hydrogen-bond donors (Lipinski definition) is 1. The Kier molecular flexibility index (Phi) is 4.49. The van der Waals surface area contributed by atoms with Gasteiger partial charge in [-0.15, -0.1) is 0 Å². The molecule has 0 aromatic heterocycles. The number of nitrogens with zero attached hydrogens (tertiary/aromatic N) is 1. The molecule has 0 aliphatic heterocycles. The average Bonchev–Trinajstić information content (AvgIpc) is 3.39. The van der Waals surface area contributed by atoms with Gasteiger partial charge < -0.3 is 5.32 Å². The van der Waals surface area contributed by atoms with Gasteiger partial charge in [0.15, 0.2) is 0 Å². The van der Waals surface area contributed by atoms with Gasteiger partial charge in [0.05, 0.1) is 4.90 Å². The van der Waals surface area contributed by atoms with Crippen molar-refractivity contribution in [3.05, 3.63) is 29.6 Å². The van der Waals surface area contributed by atoms with E-state index in [0.29, 0.717) is 24.3 Å². The number of carbonyl (C=O) groups excluding carboxylic acids is 1. The lowest BCUT2D eigenvalue weighted by atomic mass is 9.69. The second-order valence-electron chi connectivity index (χ2n) is 10.1. The van der Waals surface area contributed by atoms with Crippen LogP contribution in [-0.4, -0.2) is 37.3 Å². The van der Waals surface area contributed by atoms with Crippen molar-refractivity contribution < 1.29 is 17.6 Å². The highest BCUT2D eigenvalue weighted by Gasteiger charge is 2.64. The first kappa shape index (κ1) is 20.8. The third-order valence-corrected chi connectivity index (χ3v) is 10.6. The molecule has 3 aliphatic rings. The third kappa shape index (κ3) is 2.80. The molecular weight excluding hydrogens is 391 g/mol. The highest BCUT2D eigenvalue weighted by molar-refractivity contribution is 7.89. The molecule has 0 saturated heterocycles. The average molecular weight is 423 g/mol.